The Morgan fingerprint density at radius 1 is 1.35 bits per heavy atom. The summed E-state index contributed by atoms with van der Waals surface area (Å²) >= 11 is 1.50. The van der Waals surface area contributed by atoms with Gasteiger partial charge in [-0.2, -0.15) is 0 Å². The Balaban J connectivity index is 2.18. The third-order valence-electron chi connectivity index (χ3n) is 2.48. The van der Waals surface area contributed by atoms with Crippen molar-refractivity contribution in [3.63, 3.8) is 0 Å². The summed E-state index contributed by atoms with van der Waals surface area (Å²) < 4.78 is 0. The van der Waals surface area contributed by atoms with Crippen molar-refractivity contribution in [3.05, 3.63) is 40.2 Å². The molecule has 1 aromatic carbocycles. The van der Waals surface area contributed by atoms with E-state index >= 15 is 0 Å². The van der Waals surface area contributed by atoms with E-state index in [0.717, 1.165) is 16.3 Å². The van der Waals surface area contributed by atoms with Gasteiger partial charge in [0.15, 0.2) is 5.78 Å². The fourth-order valence-electron chi connectivity index (χ4n) is 1.49. The van der Waals surface area contributed by atoms with Crippen LogP contribution in [0.1, 0.15) is 10.6 Å². The number of ketones is 1. The quantitative estimate of drug-likeness (QED) is 0.899. The highest BCUT2D eigenvalue weighted by atomic mass is 32.1. The number of aromatic nitrogens is 1. The number of nitrogens with two attached hydrogens (primary N) is 1. The van der Waals surface area contributed by atoms with Crippen LogP contribution in [0.3, 0.4) is 0 Å². The van der Waals surface area contributed by atoms with Gasteiger partial charge in [-0.1, -0.05) is 29.8 Å². The first-order valence-electron chi connectivity index (χ1n) is 5.42. The van der Waals surface area contributed by atoms with Crippen molar-refractivity contribution in [1.29, 1.82) is 0 Å². The van der Waals surface area contributed by atoms with Crippen LogP contribution in [0.2, 0.25) is 0 Å². The van der Waals surface area contributed by atoms with Crippen LogP contribution in [-0.2, 0) is 11.2 Å². The number of rotatable bonds is 4. The minimum atomic E-state index is 0.0230. The standard InChI is InChI=1S/C13H14N2OS/c1-9-2-4-10(5-3-9)12-8-17-13(15-12)6-11(16)7-14/h2-5,8H,6-7,14H2,1H3. The van der Waals surface area contributed by atoms with E-state index in [1.54, 1.807) is 0 Å². The fraction of sp³-hybridized carbons (Fsp3) is 0.231. The Bertz CT molecular complexity index is 516. The summed E-state index contributed by atoms with van der Waals surface area (Å²) in [6.07, 6.45) is 0.340. The van der Waals surface area contributed by atoms with Gasteiger partial charge in [0.25, 0.3) is 0 Å². The van der Waals surface area contributed by atoms with E-state index in [-0.39, 0.29) is 12.3 Å². The summed E-state index contributed by atoms with van der Waals surface area (Å²) in [5.74, 6) is 0.0230. The first-order valence-corrected chi connectivity index (χ1v) is 6.30. The topological polar surface area (TPSA) is 56.0 Å². The van der Waals surface area contributed by atoms with Crippen molar-refractivity contribution in [1.82, 2.24) is 4.98 Å². The highest BCUT2D eigenvalue weighted by Gasteiger charge is 2.07. The van der Waals surface area contributed by atoms with Crippen LogP contribution in [0.5, 0.6) is 0 Å². The largest absolute Gasteiger partial charge is 0.324 e. The zero-order valence-electron chi connectivity index (χ0n) is 9.64. The molecule has 1 heterocycles. The average Bonchev–Trinajstić information content (AvgIpc) is 2.78. The molecule has 4 heteroatoms. The van der Waals surface area contributed by atoms with Gasteiger partial charge in [-0.15, -0.1) is 11.3 Å². The van der Waals surface area contributed by atoms with Crippen LogP contribution >= 0.6 is 11.3 Å². The smallest absolute Gasteiger partial charge is 0.153 e. The molecule has 2 aromatic rings. The van der Waals surface area contributed by atoms with Crippen LogP contribution in [0, 0.1) is 6.92 Å². The number of Topliss-reactive ketones (excluding diaryl/α,β-unsaturated/α-hetero) is 1. The lowest BCUT2D eigenvalue weighted by atomic mass is 10.1. The molecular weight excluding hydrogens is 232 g/mol. The van der Waals surface area contributed by atoms with E-state index in [0.29, 0.717) is 6.42 Å². The molecule has 0 atom stereocenters. The Labute approximate surface area is 104 Å². The molecule has 0 aliphatic carbocycles. The molecule has 3 nitrogen and oxygen atoms in total. The van der Waals surface area contributed by atoms with Crippen molar-refractivity contribution in [2.75, 3.05) is 6.54 Å². The molecule has 0 saturated heterocycles. The van der Waals surface area contributed by atoms with Crippen LogP contribution < -0.4 is 5.73 Å². The van der Waals surface area contributed by atoms with Gasteiger partial charge in [0.1, 0.15) is 5.01 Å². The normalized spacial score (nSPS) is 10.5. The number of thiazole rings is 1. The summed E-state index contributed by atoms with van der Waals surface area (Å²) in [4.78, 5) is 15.7. The maximum Gasteiger partial charge on any atom is 0.153 e. The van der Waals surface area contributed by atoms with Crippen LogP contribution in [0.25, 0.3) is 11.3 Å². The minimum Gasteiger partial charge on any atom is -0.324 e. The molecule has 0 unspecified atom stereocenters. The van der Waals surface area contributed by atoms with Gasteiger partial charge in [0.05, 0.1) is 18.7 Å². The van der Waals surface area contributed by atoms with E-state index in [4.69, 9.17) is 5.73 Å². The van der Waals surface area contributed by atoms with E-state index in [2.05, 4.69) is 24.0 Å². The molecule has 0 spiro atoms. The molecule has 2 N–H and O–H groups in total. The number of benzene rings is 1. The monoisotopic (exact) mass is 246 g/mol. The molecule has 0 radical (unpaired) electrons. The second-order valence-corrected chi connectivity index (χ2v) is 4.85. The minimum absolute atomic E-state index is 0.0230. The molecule has 0 bridgehead atoms. The van der Waals surface area contributed by atoms with Gasteiger partial charge in [0, 0.05) is 10.9 Å². The lowest BCUT2D eigenvalue weighted by molar-refractivity contribution is -0.117. The Morgan fingerprint density at radius 2 is 2.06 bits per heavy atom. The number of hydrogen-bond donors (Lipinski definition) is 1. The lowest BCUT2D eigenvalue weighted by Gasteiger charge is -1.97. The number of nitrogens with zero attached hydrogens (tertiary/aromatic N) is 1. The van der Waals surface area contributed by atoms with Crippen LogP contribution in [0.15, 0.2) is 29.6 Å². The lowest BCUT2D eigenvalue weighted by Crippen LogP contribution is -2.15. The molecule has 0 fully saturated rings. The molecule has 0 aliphatic rings. The zero-order chi connectivity index (χ0) is 12.3. The molecule has 88 valence electrons. The first-order chi connectivity index (χ1) is 8.19. The second kappa shape index (κ2) is 5.21. The van der Waals surface area contributed by atoms with Gasteiger partial charge in [0.2, 0.25) is 0 Å². The fourth-order valence-corrected chi connectivity index (χ4v) is 2.32. The maximum atomic E-state index is 11.2. The predicted octanol–water partition coefficient (Wildman–Crippen LogP) is 2.19. The molecule has 0 amide bonds. The summed E-state index contributed by atoms with van der Waals surface area (Å²) in [7, 11) is 0. The van der Waals surface area contributed by atoms with Crippen molar-refractivity contribution in [2.24, 2.45) is 5.73 Å². The van der Waals surface area contributed by atoms with Crippen molar-refractivity contribution in [2.45, 2.75) is 13.3 Å². The molecule has 0 aliphatic heterocycles. The molecule has 1 aromatic heterocycles. The van der Waals surface area contributed by atoms with E-state index in [9.17, 15) is 4.79 Å². The van der Waals surface area contributed by atoms with Crippen molar-refractivity contribution < 1.29 is 4.79 Å². The van der Waals surface area contributed by atoms with Crippen molar-refractivity contribution in [3.8, 4) is 11.3 Å². The number of aryl methyl sites for hydroxylation is 1. The van der Waals surface area contributed by atoms with Crippen molar-refractivity contribution >= 4 is 17.1 Å². The van der Waals surface area contributed by atoms with E-state index in [1.165, 1.54) is 16.9 Å². The Morgan fingerprint density at radius 3 is 2.71 bits per heavy atom. The third kappa shape index (κ3) is 2.99. The molecular formula is C13H14N2OS. The maximum absolute atomic E-state index is 11.2. The van der Waals surface area contributed by atoms with Gasteiger partial charge in [-0.05, 0) is 6.92 Å². The van der Waals surface area contributed by atoms with E-state index in [1.807, 2.05) is 17.5 Å². The summed E-state index contributed by atoms with van der Waals surface area (Å²) in [5, 5.41) is 2.81. The van der Waals surface area contributed by atoms with Gasteiger partial charge < -0.3 is 5.73 Å². The van der Waals surface area contributed by atoms with Gasteiger partial charge in [-0.3, -0.25) is 4.79 Å². The third-order valence-corrected chi connectivity index (χ3v) is 3.32. The number of carbonyl (C=O) groups is 1. The predicted molar refractivity (Wildman–Crippen MR) is 70.1 cm³/mol. The van der Waals surface area contributed by atoms with Crippen LogP contribution in [0.4, 0.5) is 0 Å². The Kier molecular flexibility index (Phi) is 3.66. The summed E-state index contributed by atoms with van der Waals surface area (Å²) in [6.45, 7) is 2.13. The van der Waals surface area contributed by atoms with E-state index < -0.39 is 0 Å². The average molecular weight is 246 g/mol. The first kappa shape index (κ1) is 12.0. The highest BCUT2D eigenvalue weighted by molar-refractivity contribution is 7.10. The number of carbonyl (C=O) groups excluding carboxylic acids is 1. The summed E-state index contributed by atoms with van der Waals surface area (Å²) in [6, 6.07) is 8.19. The highest BCUT2D eigenvalue weighted by Crippen LogP contribution is 2.22. The SMILES string of the molecule is Cc1ccc(-c2csc(CC(=O)CN)n2)cc1. The Hall–Kier alpha value is -1.52. The van der Waals surface area contributed by atoms with Gasteiger partial charge >= 0.3 is 0 Å². The molecule has 17 heavy (non-hydrogen) atoms. The summed E-state index contributed by atoms with van der Waals surface area (Å²) in [5.41, 5.74) is 8.51. The van der Waals surface area contributed by atoms with Gasteiger partial charge in [-0.25, -0.2) is 4.98 Å². The molecule has 2 rings (SSSR count). The second-order valence-electron chi connectivity index (χ2n) is 3.91. The number of hydrogen-bond acceptors (Lipinski definition) is 4. The zero-order valence-corrected chi connectivity index (χ0v) is 10.5. The molecule has 0 saturated carbocycles. The van der Waals surface area contributed by atoms with Crippen LogP contribution in [-0.4, -0.2) is 17.3 Å².